The Kier molecular flexibility index (Phi) is 11.2. The fourth-order valence-corrected chi connectivity index (χ4v) is 4.47. The summed E-state index contributed by atoms with van der Waals surface area (Å²) in [7, 11) is 3.73. The number of aromatic nitrogens is 3. The first-order valence-corrected chi connectivity index (χ1v) is 13.3. The highest BCUT2D eigenvalue weighted by Gasteiger charge is 2.32. The number of hydrogen-bond acceptors (Lipinski definition) is 5. The fraction of sp³-hybridized carbons (Fsp3) is 0.312. The van der Waals surface area contributed by atoms with Gasteiger partial charge in [-0.15, -0.1) is 0 Å². The highest BCUT2D eigenvalue weighted by Crippen LogP contribution is 2.28. The number of ether oxygens (including phenoxy) is 1. The Hall–Kier alpha value is -4.31. The predicted molar refractivity (Wildman–Crippen MR) is 155 cm³/mol. The molecular formula is C32H35F3N4O3. The number of fused-ring (bicyclic) bond motifs is 1. The molecule has 0 saturated heterocycles. The molecule has 0 fully saturated rings. The van der Waals surface area contributed by atoms with Crippen molar-refractivity contribution in [2.24, 2.45) is 7.05 Å². The third-order valence-electron chi connectivity index (χ3n) is 6.62. The van der Waals surface area contributed by atoms with E-state index in [1.807, 2.05) is 37.4 Å². The minimum absolute atomic E-state index is 0.104. The van der Waals surface area contributed by atoms with E-state index >= 15 is 0 Å². The summed E-state index contributed by atoms with van der Waals surface area (Å²) in [5, 5.41) is 0. The van der Waals surface area contributed by atoms with Crippen molar-refractivity contribution in [1.82, 2.24) is 19.4 Å². The van der Waals surface area contributed by atoms with Crippen molar-refractivity contribution < 1.29 is 27.5 Å². The molecule has 0 spiro atoms. The molecule has 10 heteroatoms. The summed E-state index contributed by atoms with van der Waals surface area (Å²) in [6, 6.07) is 20.4. The molecule has 1 aliphatic heterocycles. The number of amides is 1. The molecule has 2 aromatic carbocycles. The first-order chi connectivity index (χ1) is 19.9. The number of methoxy groups -OCH3 is 1. The SMILES string of the molecule is CC(=O)c1ccc(C(F)(F)F)nc1C.COCc1ccccc1.Cc1cccc(-c2nc3c(n2C)CN(C=O)CC3)c1. The Bertz CT molecular complexity index is 1500. The largest absolute Gasteiger partial charge is 0.433 e. The van der Waals surface area contributed by atoms with E-state index in [1.54, 1.807) is 12.0 Å². The molecule has 0 radical (unpaired) electrons. The van der Waals surface area contributed by atoms with E-state index in [-0.39, 0.29) is 17.0 Å². The molecule has 222 valence electrons. The zero-order valence-corrected chi connectivity index (χ0v) is 24.4. The van der Waals surface area contributed by atoms with Gasteiger partial charge in [-0.3, -0.25) is 9.59 Å². The topological polar surface area (TPSA) is 77.3 Å². The molecule has 7 nitrogen and oxygen atoms in total. The standard InChI is InChI=1S/C15H17N3O.C9H8F3NO.C8H10O/c1-11-4-3-5-12(8-11)15-16-13-6-7-18(10-19)9-14(13)17(15)2;1-5-7(6(2)14)3-4-8(13-5)9(10,11)12;1-9-7-8-5-3-2-4-6-8/h3-5,8,10H,6-7,9H2,1-2H3;3-4H,1-2H3;2-6H,7H2,1H3. The summed E-state index contributed by atoms with van der Waals surface area (Å²) in [5.74, 6) is 0.699. The van der Waals surface area contributed by atoms with Gasteiger partial charge >= 0.3 is 6.18 Å². The molecule has 3 heterocycles. The summed E-state index contributed by atoms with van der Waals surface area (Å²) in [4.78, 5) is 31.7. The Morgan fingerprint density at radius 3 is 2.31 bits per heavy atom. The Balaban J connectivity index is 0.000000185. The second-order valence-electron chi connectivity index (χ2n) is 9.89. The molecule has 42 heavy (non-hydrogen) atoms. The number of halogens is 3. The van der Waals surface area contributed by atoms with Crippen LogP contribution in [0.15, 0.2) is 66.7 Å². The fourth-order valence-electron chi connectivity index (χ4n) is 4.47. The number of carbonyl (C=O) groups excluding carboxylic acids is 2. The average Bonchev–Trinajstić information content (AvgIpc) is 3.29. The van der Waals surface area contributed by atoms with Crippen molar-refractivity contribution >= 4 is 12.2 Å². The lowest BCUT2D eigenvalue weighted by Gasteiger charge is -2.22. The van der Waals surface area contributed by atoms with Crippen LogP contribution in [0.4, 0.5) is 13.2 Å². The lowest BCUT2D eigenvalue weighted by Crippen LogP contribution is -2.30. The van der Waals surface area contributed by atoms with Crippen LogP contribution in [0.3, 0.4) is 0 Å². The molecule has 1 amide bonds. The predicted octanol–water partition coefficient (Wildman–Crippen LogP) is 6.35. The van der Waals surface area contributed by atoms with Gasteiger partial charge in [0, 0.05) is 43.9 Å². The van der Waals surface area contributed by atoms with Crippen LogP contribution in [0.5, 0.6) is 0 Å². The van der Waals surface area contributed by atoms with Gasteiger partial charge in [0.2, 0.25) is 6.41 Å². The first kappa shape index (κ1) is 32.2. The van der Waals surface area contributed by atoms with E-state index in [1.165, 1.54) is 25.0 Å². The molecule has 0 aliphatic carbocycles. The number of pyridine rings is 1. The van der Waals surface area contributed by atoms with Crippen LogP contribution >= 0.6 is 0 Å². The average molecular weight is 581 g/mol. The number of aryl methyl sites for hydroxylation is 2. The number of rotatable bonds is 5. The molecule has 0 atom stereocenters. The summed E-state index contributed by atoms with van der Waals surface area (Å²) in [5.41, 5.74) is 5.21. The molecule has 0 bridgehead atoms. The summed E-state index contributed by atoms with van der Waals surface area (Å²) in [6.07, 6.45) is -2.70. The smallest absolute Gasteiger partial charge is 0.380 e. The summed E-state index contributed by atoms with van der Waals surface area (Å²) in [6.45, 7) is 6.89. The number of alkyl halides is 3. The van der Waals surface area contributed by atoms with Crippen LogP contribution < -0.4 is 0 Å². The van der Waals surface area contributed by atoms with Gasteiger partial charge in [0.05, 0.1) is 24.5 Å². The highest BCUT2D eigenvalue weighted by molar-refractivity contribution is 5.95. The maximum absolute atomic E-state index is 12.2. The van der Waals surface area contributed by atoms with Crippen LogP contribution in [0.2, 0.25) is 0 Å². The second-order valence-corrected chi connectivity index (χ2v) is 9.89. The molecular weight excluding hydrogens is 545 g/mol. The third-order valence-corrected chi connectivity index (χ3v) is 6.62. The highest BCUT2D eigenvalue weighted by atomic mass is 19.4. The van der Waals surface area contributed by atoms with Crippen molar-refractivity contribution in [1.29, 1.82) is 0 Å². The van der Waals surface area contributed by atoms with E-state index in [0.29, 0.717) is 13.2 Å². The molecule has 0 saturated carbocycles. The van der Waals surface area contributed by atoms with Gasteiger partial charge in [-0.2, -0.15) is 13.2 Å². The molecule has 0 N–H and O–H groups in total. The molecule has 0 unspecified atom stereocenters. The quantitative estimate of drug-likeness (QED) is 0.203. The van der Waals surface area contributed by atoms with Gasteiger partial charge < -0.3 is 14.2 Å². The minimum atomic E-state index is -4.46. The van der Waals surface area contributed by atoms with E-state index < -0.39 is 11.9 Å². The molecule has 1 aliphatic rings. The first-order valence-electron chi connectivity index (χ1n) is 13.3. The Morgan fingerprint density at radius 2 is 1.74 bits per heavy atom. The van der Waals surface area contributed by atoms with Crippen molar-refractivity contribution in [3.05, 3.63) is 106 Å². The van der Waals surface area contributed by atoms with Crippen LogP contribution in [-0.4, -0.2) is 45.3 Å². The van der Waals surface area contributed by atoms with Gasteiger partial charge in [-0.25, -0.2) is 9.97 Å². The van der Waals surface area contributed by atoms with Crippen molar-refractivity contribution in [3.8, 4) is 11.4 Å². The molecule has 2 aromatic heterocycles. The van der Waals surface area contributed by atoms with Crippen molar-refractivity contribution in [3.63, 3.8) is 0 Å². The number of hydrogen-bond donors (Lipinski definition) is 0. The zero-order valence-electron chi connectivity index (χ0n) is 24.4. The van der Waals surface area contributed by atoms with Crippen LogP contribution in [0.25, 0.3) is 11.4 Å². The van der Waals surface area contributed by atoms with Gasteiger partial charge in [0.25, 0.3) is 0 Å². The summed E-state index contributed by atoms with van der Waals surface area (Å²) >= 11 is 0. The van der Waals surface area contributed by atoms with E-state index in [4.69, 9.17) is 9.72 Å². The number of carbonyl (C=O) groups is 2. The van der Waals surface area contributed by atoms with E-state index in [0.717, 1.165) is 54.3 Å². The van der Waals surface area contributed by atoms with E-state index in [9.17, 15) is 22.8 Å². The number of benzene rings is 2. The molecule has 4 aromatic rings. The van der Waals surface area contributed by atoms with E-state index in [2.05, 4.69) is 40.7 Å². The maximum atomic E-state index is 12.2. The lowest BCUT2D eigenvalue weighted by molar-refractivity contribution is -0.141. The monoisotopic (exact) mass is 580 g/mol. The maximum Gasteiger partial charge on any atom is 0.433 e. The minimum Gasteiger partial charge on any atom is -0.380 e. The Morgan fingerprint density at radius 1 is 1.02 bits per heavy atom. The number of imidazole rings is 1. The lowest BCUT2D eigenvalue weighted by atomic mass is 10.1. The van der Waals surface area contributed by atoms with Gasteiger partial charge in [-0.1, -0.05) is 54.1 Å². The van der Waals surface area contributed by atoms with Crippen LogP contribution in [0.1, 0.15) is 51.2 Å². The molecule has 5 rings (SSSR count). The second kappa shape index (κ2) is 14.5. The number of ketones is 1. The third kappa shape index (κ3) is 8.59. The normalized spacial score (nSPS) is 12.3. The summed E-state index contributed by atoms with van der Waals surface area (Å²) < 4.78 is 43.5. The van der Waals surface area contributed by atoms with Gasteiger partial charge in [0.1, 0.15) is 11.5 Å². The van der Waals surface area contributed by atoms with Crippen molar-refractivity contribution in [2.45, 2.75) is 46.5 Å². The Labute approximate surface area is 244 Å². The van der Waals surface area contributed by atoms with Crippen LogP contribution in [-0.2, 0) is 42.3 Å². The number of nitrogens with zero attached hydrogens (tertiary/aromatic N) is 4. The zero-order chi connectivity index (χ0) is 30.9. The van der Waals surface area contributed by atoms with Crippen LogP contribution in [0, 0.1) is 13.8 Å². The number of Topliss-reactive ketones (excluding diaryl/α,β-unsaturated/α-hetero) is 1. The van der Waals surface area contributed by atoms with Crippen molar-refractivity contribution in [2.75, 3.05) is 13.7 Å². The van der Waals surface area contributed by atoms with Gasteiger partial charge in [0.15, 0.2) is 5.78 Å². The van der Waals surface area contributed by atoms with Gasteiger partial charge in [-0.05, 0) is 44.5 Å².